The first kappa shape index (κ1) is 14.9. The Hall–Kier alpha value is -0.510. The number of ether oxygens (including phenoxy) is 1. The molecule has 6 nitrogen and oxygen atoms in total. The Morgan fingerprint density at radius 2 is 2.32 bits per heavy atom. The van der Waals surface area contributed by atoms with Crippen LogP contribution in [0.3, 0.4) is 0 Å². The maximum atomic E-state index is 12.4. The van der Waals surface area contributed by atoms with E-state index in [1.807, 2.05) is 0 Å². The molecule has 8 heteroatoms. The molecule has 0 aromatic carbocycles. The summed E-state index contributed by atoms with van der Waals surface area (Å²) >= 11 is 1.25. The molecule has 0 amide bonds. The van der Waals surface area contributed by atoms with Gasteiger partial charge in [-0.3, -0.25) is 0 Å². The van der Waals surface area contributed by atoms with Gasteiger partial charge < -0.3 is 15.6 Å². The molecule has 1 atom stereocenters. The molecule has 0 aliphatic carbocycles. The molecule has 1 saturated heterocycles. The Balaban J connectivity index is 2.16. The summed E-state index contributed by atoms with van der Waals surface area (Å²) in [6.45, 7) is 1.16. The van der Waals surface area contributed by atoms with E-state index in [2.05, 4.69) is 0 Å². The highest BCUT2D eigenvalue weighted by Gasteiger charge is 2.31. The largest absolute Gasteiger partial charge is 0.394 e. The number of hydrogen-bond donors (Lipinski definition) is 2. The normalized spacial score (nSPS) is 21.7. The standard InChI is InChI=1S/C11H18N2O4S2/c12-4-3-10-1-2-11(18-10)19(15,16)13-5-6-17-9(7-13)8-14/h1-2,9,14H,3-8,12H2. The van der Waals surface area contributed by atoms with Crippen molar-refractivity contribution in [2.24, 2.45) is 5.73 Å². The van der Waals surface area contributed by atoms with Gasteiger partial charge in [-0.2, -0.15) is 4.31 Å². The van der Waals surface area contributed by atoms with Gasteiger partial charge in [0, 0.05) is 18.0 Å². The number of sulfonamides is 1. The minimum atomic E-state index is -3.48. The zero-order valence-corrected chi connectivity index (χ0v) is 12.1. The van der Waals surface area contributed by atoms with E-state index in [-0.39, 0.29) is 13.2 Å². The molecular formula is C11H18N2O4S2. The Morgan fingerprint density at radius 3 is 3.00 bits per heavy atom. The van der Waals surface area contributed by atoms with Gasteiger partial charge in [0.05, 0.1) is 19.3 Å². The first-order valence-corrected chi connectivity index (χ1v) is 8.35. The second-order valence-electron chi connectivity index (χ2n) is 4.30. The highest BCUT2D eigenvalue weighted by molar-refractivity contribution is 7.91. The highest BCUT2D eigenvalue weighted by Crippen LogP contribution is 2.26. The van der Waals surface area contributed by atoms with E-state index in [4.69, 9.17) is 15.6 Å². The molecule has 0 bridgehead atoms. The molecule has 108 valence electrons. The van der Waals surface area contributed by atoms with Crippen LogP contribution in [0.1, 0.15) is 4.88 Å². The van der Waals surface area contributed by atoms with E-state index in [1.165, 1.54) is 15.6 Å². The third-order valence-electron chi connectivity index (χ3n) is 2.93. The van der Waals surface area contributed by atoms with Crippen LogP contribution in [-0.4, -0.2) is 56.8 Å². The van der Waals surface area contributed by atoms with Crippen molar-refractivity contribution in [3.8, 4) is 0 Å². The third-order valence-corrected chi connectivity index (χ3v) is 6.40. The van der Waals surface area contributed by atoms with Crippen LogP contribution in [0.15, 0.2) is 16.3 Å². The maximum absolute atomic E-state index is 12.4. The van der Waals surface area contributed by atoms with E-state index in [0.717, 1.165) is 4.88 Å². The molecule has 1 aromatic heterocycles. The summed E-state index contributed by atoms with van der Waals surface area (Å²) in [6.07, 6.45) is 0.245. The van der Waals surface area contributed by atoms with Crippen molar-refractivity contribution in [2.45, 2.75) is 16.7 Å². The predicted molar refractivity (Wildman–Crippen MR) is 72.7 cm³/mol. The van der Waals surface area contributed by atoms with Crippen LogP contribution in [0.2, 0.25) is 0 Å². The first-order valence-electron chi connectivity index (χ1n) is 6.09. The van der Waals surface area contributed by atoms with E-state index in [0.29, 0.717) is 30.3 Å². The molecule has 2 heterocycles. The van der Waals surface area contributed by atoms with Gasteiger partial charge >= 0.3 is 0 Å². The quantitative estimate of drug-likeness (QED) is 0.774. The van der Waals surface area contributed by atoms with Gasteiger partial charge in [0.2, 0.25) is 0 Å². The molecule has 0 radical (unpaired) electrons. The van der Waals surface area contributed by atoms with E-state index in [9.17, 15) is 8.42 Å². The summed E-state index contributed by atoms with van der Waals surface area (Å²) < 4.78 is 31.8. The summed E-state index contributed by atoms with van der Waals surface area (Å²) in [4.78, 5) is 0.966. The number of thiophene rings is 1. The zero-order chi connectivity index (χ0) is 13.9. The molecule has 0 spiro atoms. The lowest BCUT2D eigenvalue weighted by Crippen LogP contribution is -2.46. The van der Waals surface area contributed by atoms with Crippen molar-refractivity contribution in [3.05, 3.63) is 17.0 Å². The number of morpholine rings is 1. The fraction of sp³-hybridized carbons (Fsp3) is 0.636. The molecular weight excluding hydrogens is 288 g/mol. The lowest BCUT2D eigenvalue weighted by Gasteiger charge is -2.30. The van der Waals surface area contributed by atoms with Crippen LogP contribution < -0.4 is 5.73 Å². The summed E-state index contributed by atoms with van der Waals surface area (Å²) in [5, 5.41) is 9.06. The second-order valence-corrected chi connectivity index (χ2v) is 7.63. The lowest BCUT2D eigenvalue weighted by atomic mass is 10.3. The number of aliphatic hydroxyl groups excluding tert-OH is 1. The van der Waals surface area contributed by atoms with Crippen molar-refractivity contribution in [3.63, 3.8) is 0 Å². The van der Waals surface area contributed by atoms with Gasteiger partial charge in [-0.15, -0.1) is 11.3 Å². The van der Waals surface area contributed by atoms with E-state index in [1.54, 1.807) is 12.1 Å². The van der Waals surface area contributed by atoms with Crippen LogP contribution in [0, 0.1) is 0 Å². The molecule has 19 heavy (non-hydrogen) atoms. The van der Waals surface area contributed by atoms with Gasteiger partial charge in [-0.1, -0.05) is 0 Å². The maximum Gasteiger partial charge on any atom is 0.252 e. The molecule has 1 aliphatic heterocycles. The zero-order valence-electron chi connectivity index (χ0n) is 10.5. The minimum Gasteiger partial charge on any atom is -0.394 e. The van der Waals surface area contributed by atoms with Gasteiger partial charge in [0.1, 0.15) is 4.21 Å². The van der Waals surface area contributed by atoms with Gasteiger partial charge in [0.25, 0.3) is 10.0 Å². The number of nitrogens with zero attached hydrogens (tertiary/aromatic N) is 1. The average molecular weight is 306 g/mol. The van der Waals surface area contributed by atoms with Crippen LogP contribution in [0.5, 0.6) is 0 Å². The number of aliphatic hydroxyl groups is 1. The van der Waals surface area contributed by atoms with Gasteiger partial charge in [-0.05, 0) is 25.1 Å². The Labute approximate surface area is 116 Å². The van der Waals surface area contributed by atoms with Crippen molar-refractivity contribution in [1.29, 1.82) is 0 Å². The van der Waals surface area contributed by atoms with Crippen LogP contribution >= 0.6 is 11.3 Å². The molecule has 0 saturated carbocycles. The van der Waals surface area contributed by atoms with E-state index >= 15 is 0 Å². The fourth-order valence-corrected chi connectivity index (χ4v) is 4.90. The topological polar surface area (TPSA) is 92.9 Å². The van der Waals surface area contributed by atoms with Crippen LogP contribution in [0.4, 0.5) is 0 Å². The Bertz CT molecular complexity index is 515. The van der Waals surface area contributed by atoms with Crippen LogP contribution in [-0.2, 0) is 21.2 Å². The van der Waals surface area contributed by atoms with Gasteiger partial charge in [0.15, 0.2) is 0 Å². The summed E-state index contributed by atoms with van der Waals surface area (Å²) in [5.41, 5.74) is 5.46. The lowest BCUT2D eigenvalue weighted by molar-refractivity contribution is -0.0304. The van der Waals surface area contributed by atoms with Crippen molar-refractivity contribution in [2.75, 3.05) is 32.8 Å². The second kappa shape index (κ2) is 6.29. The number of rotatable bonds is 5. The van der Waals surface area contributed by atoms with Crippen LogP contribution in [0.25, 0.3) is 0 Å². The van der Waals surface area contributed by atoms with E-state index < -0.39 is 16.1 Å². The molecule has 2 rings (SSSR count). The molecule has 1 aliphatic rings. The first-order chi connectivity index (χ1) is 9.07. The smallest absolute Gasteiger partial charge is 0.252 e. The molecule has 3 N–H and O–H groups in total. The molecule has 1 fully saturated rings. The Morgan fingerprint density at radius 1 is 1.53 bits per heavy atom. The monoisotopic (exact) mass is 306 g/mol. The predicted octanol–water partition coefficient (Wildman–Crippen LogP) is -0.369. The van der Waals surface area contributed by atoms with Crippen molar-refractivity contribution < 1.29 is 18.3 Å². The fourth-order valence-electron chi connectivity index (χ4n) is 1.92. The number of hydrogen-bond acceptors (Lipinski definition) is 6. The third kappa shape index (κ3) is 3.33. The summed E-state index contributed by atoms with van der Waals surface area (Å²) in [7, 11) is -3.48. The highest BCUT2D eigenvalue weighted by atomic mass is 32.2. The Kier molecular flexibility index (Phi) is 4.93. The average Bonchev–Trinajstić information content (AvgIpc) is 2.88. The van der Waals surface area contributed by atoms with Gasteiger partial charge in [-0.25, -0.2) is 8.42 Å². The minimum absolute atomic E-state index is 0.172. The SMILES string of the molecule is NCCc1ccc(S(=O)(=O)N2CCOC(CO)C2)s1. The van der Waals surface area contributed by atoms with Crippen molar-refractivity contribution >= 4 is 21.4 Å². The molecule has 1 unspecified atom stereocenters. The van der Waals surface area contributed by atoms with Crippen molar-refractivity contribution in [1.82, 2.24) is 4.31 Å². The molecule has 1 aromatic rings. The summed E-state index contributed by atoms with van der Waals surface area (Å²) in [6, 6.07) is 3.42. The summed E-state index contributed by atoms with van der Waals surface area (Å²) in [5.74, 6) is 0. The number of nitrogens with two attached hydrogens (primary N) is 1.